The predicted octanol–water partition coefficient (Wildman–Crippen LogP) is 2.91. The van der Waals surface area contributed by atoms with Crippen LogP contribution in [0, 0.1) is 0 Å². The molecule has 0 aromatic heterocycles. The second-order valence-electron chi connectivity index (χ2n) is 5.41. The maximum Gasteiger partial charge on any atom is 0.337 e. The third-order valence-corrected chi connectivity index (χ3v) is 4.94. The van der Waals surface area contributed by atoms with Crippen molar-refractivity contribution >= 4 is 40.9 Å². The summed E-state index contributed by atoms with van der Waals surface area (Å²) in [5.41, 5.74) is 1.73. The highest BCUT2D eigenvalue weighted by Gasteiger charge is 2.28. The fourth-order valence-corrected chi connectivity index (χ4v) is 3.53. The van der Waals surface area contributed by atoms with Crippen LogP contribution >= 0.6 is 11.8 Å². The number of fused-ring (bicyclic) bond motifs is 1. The molecule has 25 heavy (non-hydrogen) atoms. The number of carbonyl (C=O) groups excluding carboxylic acids is 3. The monoisotopic (exact) mass is 356 g/mol. The lowest BCUT2D eigenvalue weighted by atomic mass is 10.2. The quantitative estimate of drug-likeness (QED) is 0.823. The first-order valence-electron chi connectivity index (χ1n) is 7.61. The van der Waals surface area contributed by atoms with Crippen LogP contribution < -0.4 is 10.6 Å². The highest BCUT2D eigenvalue weighted by atomic mass is 32.2. The molecule has 0 fully saturated rings. The second-order valence-corrected chi connectivity index (χ2v) is 6.66. The van der Waals surface area contributed by atoms with E-state index in [9.17, 15) is 14.4 Å². The van der Waals surface area contributed by atoms with Crippen molar-refractivity contribution in [1.29, 1.82) is 0 Å². The Hall–Kier alpha value is -2.80. The Labute approximate surface area is 148 Å². The predicted molar refractivity (Wildman–Crippen MR) is 95.7 cm³/mol. The van der Waals surface area contributed by atoms with Crippen molar-refractivity contribution < 1.29 is 19.1 Å². The number of thioether (sulfide) groups is 1. The lowest BCUT2D eigenvalue weighted by Gasteiger charge is -2.23. The van der Waals surface area contributed by atoms with Crippen molar-refractivity contribution in [3.8, 4) is 0 Å². The summed E-state index contributed by atoms with van der Waals surface area (Å²) in [6.07, 6.45) is 0.0591. The number of esters is 1. The fraction of sp³-hybridized carbons (Fsp3) is 0.167. The van der Waals surface area contributed by atoms with Crippen molar-refractivity contribution in [3.05, 3.63) is 54.1 Å². The number of carbonyl (C=O) groups is 3. The van der Waals surface area contributed by atoms with Gasteiger partial charge < -0.3 is 15.4 Å². The molecule has 0 saturated heterocycles. The van der Waals surface area contributed by atoms with E-state index >= 15 is 0 Å². The van der Waals surface area contributed by atoms with Crippen LogP contribution in [0.3, 0.4) is 0 Å². The summed E-state index contributed by atoms with van der Waals surface area (Å²) >= 11 is 1.38. The molecule has 0 saturated carbocycles. The van der Waals surface area contributed by atoms with Crippen LogP contribution in [0.15, 0.2) is 53.4 Å². The molecule has 0 spiro atoms. The first kappa shape index (κ1) is 17.0. The Morgan fingerprint density at radius 1 is 1.16 bits per heavy atom. The van der Waals surface area contributed by atoms with Gasteiger partial charge in [0.2, 0.25) is 11.8 Å². The van der Waals surface area contributed by atoms with Gasteiger partial charge in [0.05, 0.1) is 23.6 Å². The summed E-state index contributed by atoms with van der Waals surface area (Å²) in [4.78, 5) is 36.7. The summed E-state index contributed by atoms with van der Waals surface area (Å²) in [5, 5.41) is 5.07. The molecule has 0 bridgehead atoms. The van der Waals surface area contributed by atoms with Crippen molar-refractivity contribution in [2.75, 3.05) is 17.7 Å². The maximum absolute atomic E-state index is 12.2. The lowest BCUT2D eigenvalue weighted by molar-refractivity contribution is -0.120. The van der Waals surface area contributed by atoms with Crippen molar-refractivity contribution in [2.45, 2.75) is 16.6 Å². The molecule has 2 amide bonds. The third kappa shape index (κ3) is 4.00. The minimum absolute atomic E-state index is 0.0591. The molecule has 2 aromatic carbocycles. The highest BCUT2D eigenvalue weighted by molar-refractivity contribution is 8.01. The molecule has 1 aliphatic heterocycles. The van der Waals surface area contributed by atoms with Gasteiger partial charge in [-0.25, -0.2) is 4.79 Å². The number of methoxy groups -OCH3 is 1. The molecule has 0 radical (unpaired) electrons. The summed E-state index contributed by atoms with van der Waals surface area (Å²) in [5.74, 6) is -0.885. The van der Waals surface area contributed by atoms with E-state index in [4.69, 9.17) is 0 Å². The first-order chi connectivity index (χ1) is 12.1. The van der Waals surface area contributed by atoms with E-state index in [-0.39, 0.29) is 18.2 Å². The van der Waals surface area contributed by atoms with E-state index in [1.165, 1.54) is 18.9 Å². The number of amides is 2. The lowest BCUT2D eigenvalue weighted by Crippen LogP contribution is -2.32. The van der Waals surface area contributed by atoms with Gasteiger partial charge in [-0.05, 0) is 36.4 Å². The van der Waals surface area contributed by atoms with Gasteiger partial charge in [-0.2, -0.15) is 0 Å². The molecule has 1 heterocycles. The molecule has 1 aliphatic rings. The van der Waals surface area contributed by atoms with E-state index in [1.807, 2.05) is 24.3 Å². The first-order valence-corrected chi connectivity index (χ1v) is 8.49. The van der Waals surface area contributed by atoms with Crippen LogP contribution in [-0.4, -0.2) is 30.1 Å². The molecular formula is C18H16N2O4S. The molecule has 128 valence electrons. The zero-order valence-corrected chi connectivity index (χ0v) is 14.3. The fourth-order valence-electron chi connectivity index (χ4n) is 2.41. The molecule has 2 N–H and O–H groups in total. The zero-order chi connectivity index (χ0) is 17.8. The normalized spacial score (nSPS) is 15.7. The summed E-state index contributed by atoms with van der Waals surface area (Å²) in [7, 11) is 1.31. The summed E-state index contributed by atoms with van der Waals surface area (Å²) < 4.78 is 4.62. The topological polar surface area (TPSA) is 84.5 Å². The van der Waals surface area contributed by atoms with Gasteiger partial charge >= 0.3 is 5.97 Å². The zero-order valence-electron chi connectivity index (χ0n) is 13.4. The van der Waals surface area contributed by atoms with E-state index in [2.05, 4.69) is 15.4 Å². The van der Waals surface area contributed by atoms with Crippen LogP contribution in [-0.2, 0) is 14.3 Å². The standard InChI is InChI=1S/C18H16N2O4S/c1-24-18(23)11-6-8-12(9-7-11)19-16(21)10-15-17(22)20-13-4-2-3-5-14(13)25-15/h2-9,15H,10H2,1H3,(H,19,21)(H,20,22)/t15-/m1/s1. The number of hydrogen-bond donors (Lipinski definition) is 2. The Kier molecular flexibility index (Phi) is 5.04. The van der Waals surface area contributed by atoms with Crippen molar-refractivity contribution in [1.82, 2.24) is 0 Å². The van der Waals surface area contributed by atoms with Crippen LogP contribution in [0.5, 0.6) is 0 Å². The van der Waals surface area contributed by atoms with Gasteiger partial charge in [0.25, 0.3) is 0 Å². The van der Waals surface area contributed by atoms with Crippen molar-refractivity contribution in [2.24, 2.45) is 0 Å². The Bertz CT molecular complexity index is 820. The van der Waals surface area contributed by atoms with Gasteiger partial charge in [-0.3, -0.25) is 9.59 Å². The largest absolute Gasteiger partial charge is 0.465 e. The minimum Gasteiger partial charge on any atom is -0.465 e. The average Bonchev–Trinajstić information content (AvgIpc) is 2.62. The van der Waals surface area contributed by atoms with E-state index in [0.717, 1.165) is 10.6 Å². The number of para-hydroxylation sites is 1. The molecule has 2 aromatic rings. The molecule has 7 heteroatoms. The maximum atomic E-state index is 12.2. The minimum atomic E-state index is -0.482. The number of nitrogens with one attached hydrogen (secondary N) is 2. The highest BCUT2D eigenvalue weighted by Crippen LogP contribution is 2.36. The van der Waals surface area contributed by atoms with Crippen LogP contribution in [0.25, 0.3) is 0 Å². The van der Waals surface area contributed by atoms with Crippen LogP contribution in [0.2, 0.25) is 0 Å². The Balaban J connectivity index is 1.61. The number of anilines is 2. The molecule has 0 unspecified atom stereocenters. The van der Waals surface area contributed by atoms with Gasteiger partial charge in [-0.15, -0.1) is 11.8 Å². The van der Waals surface area contributed by atoms with Gasteiger partial charge in [0, 0.05) is 17.0 Å². The van der Waals surface area contributed by atoms with Gasteiger partial charge in [-0.1, -0.05) is 12.1 Å². The molecule has 1 atom stereocenters. The average molecular weight is 356 g/mol. The smallest absolute Gasteiger partial charge is 0.337 e. The summed E-state index contributed by atoms with van der Waals surface area (Å²) in [6.45, 7) is 0. The third-order valence-electron chi connectivity index (χ3n) is 3.67. The second kappa shape index (κ2) is 7.40. The van der Waals surface area contributed by atoms with E-state index in [1.54, 1.807) is 24.3 Å². The van der Waals surface area contributed by atoms with Crippen LogP contribution in [0.1, 0.15) is 16.8 Å². The van der Waals surface area contributed by atoms with Gasteiger partial charge in [0.1, 0.15) is 0 Å². The molecule has 0 aliphatic carbocycles. The van der Waals surface area contributed by atoms with Crippen LogP contribution in [0.4, 0.5) is 11.4 Å². The number of benzene rings is 2. The van der Waals surface area contributed by atoms with E-state index in [0.29, 0.717) is 11.3 Å². The SMILES string of the molecule is COC(=O)c1ccc(NC(=O)C[C@H]2Sc3ccccc3NC2=O)cc1. The van der Waals surface area contributed by atoms with Crippen molar-refractivity contribution in [3.63, 3.8) is 0 Å². The number of rotatable bonds is 4. The Morgan fingerprint density at radius 2 is 1.88 bits per heavy atom. The van der Waals surface area contributed by atoms with E-state index < -0.39 is 11.2 Å². The summed E-state index contributed by atoms with van der Waals surface area (Å²) in [6, 6.07) is 13.9. The number of hydrogen-bond acceptors (Lipinski definition) is 5. The van der Waals surface area contributed by atoms with Gasteiger partial charge in [0.15, 0.2) is 0 Å². The molecular weight excluding hydrogens is 340 g/mol. The number of ether oxygens (including phenoxy) is 1. The molecule has 6 nitrogen and oxygen atoms in total. The molecule has 3 rings (SSSR count). The Morgan fingerprint density at radius 3 is 2.60 bits per heavy atom.